The van der Waals surface area contributed by atoms with Gasteiger partial charge in [0.2, 0.25) is 0 Å². The van der Waals surface area contributed by atoms with Gasteiger partial charge in [0, 0.05) is 34.3 Å². The summed E-state index contributed by atoms with van der Waals surface area (Å²) in [5, 5.41) is 1.26. The van der Waals surface area contributed by atoms with Gasteiger partial charge in [0.05, 0.1) is 16.5 Å². The highest BCUT2D eigenvalue weighted by Crippen LogP contribution is 2.32. The number of halogens is 2. The molecule has 1 unspecified atom stereocenters. The Morgan fingerprint density at radius 1 is 1.22 bits per heavy atom. The SMILES string of the molecule is CN(C(=O)c1cccc(CSc2cc(Cl)ccc2Cl)c1)C1CCS(=O)(=O)C1. The summed E-state index contributed by atoms with van der Waals surface area (Å²) in [6, 6.07) is 12.4. The summed E-state index contributed by atoms with van der Waals surface area (Å²) in [5.74, 6) is 0.664. The molecule has 1 heterocycles. The van der Waals surface area contributed by atoms with Gasteiger partial charge >= 0.3 is 0 Å². The first-order valence-corrected chi connectivity index (χ1v) is 12.0. The molecule has 0 aromatic heterocycles. The molecular formula is C19H19Cl2NO3S2. The van der Waals surface area contributed by atoms with Crippen LogP contribution in [0, 0.1) is 0 Å². The Bertz CT molecular complexity index is 963. The molecule has 1 amide bonds. The summed E-state index contributed by atoms with van der Waals surface area (Å²) < 4.78 is 23.3. The highest BCUT2D eigenvalue weighted by atomic mass is 35.5. The first-order chi connectivity index (χ1) is 12.7. The van der Waals surface area contributed by atoms with E-state index in [-0.39, 0.29) is 23.5 Å². The van der Waals surface area contributed by atoms with E-state index in [1.165, 1.54) is 0 Å². The second-order valence-electron chi connectivity index (χ2n) is 6.54. The third kappa shape index (κ3) is 5.19. The Kier molecular flexibility index (Phi) is 6.41. The molecule has 0 radical (unpaired) electrons. The largest absolute Gasteiger partial charge is 0.338 e. The first-order valence-electron chi connectivity index (χ1n) is 8.39. The number of amides is 1. The van der Waals surface area contributed by atoms with Crippen LogP contribution in [0.25, 0.3) is 0 Å². The van der Waals surface area contributed by atoms with Gasteiger partial charge in [-0.15, -0.1) is 11.8 Å². The Labute approximate surface area is 173 Å². The molecule has 1 aliphatic rings. The van der Waals surface area contributed by atoms with Gasteiger partial charge in [-0.05, 0) is 42.3 Å². The topological polar surface area (TPSA) is 54.5 Å². The molecule has 27 heavy (non-hydrogen) atoms. The Hall–Kier alpha value is -1.21. The van der Waals surface area contributed by atoms with Crippen molar-refractivity contribution in [3.8, 4) is 0 Å². The maximum atomic E-state index is 12.8. The van der Waals surface area contributed by atoms with Gasteiger partial charge in [-0.3, -0.25) is 4.79 Å². The Morgan fingerprint density at radius 2 is 2.00 bits per heavy atom. The molecule has 3 rings (SSSR count). The second kappa shape index (κ2) is 8.43. The van der Waals surface area contributed by atoms with Crippen molar-refractivity contribution in [2.24, 2.45) is 0 Å². The van der Waals surface area contributed by atoms with Gasteiger partial charge in [0.25, 0.3) is 5.91 Å². The van der Waals surface area contributed by atoms with E-state index in [1.807, 2.05) is 24.3 Å². The molecule has 144 valence electrons. The zero-order chi connectivity index (χ0) is 19.6. The van der Waals surface area contributed by atoms with Crippen LogP contribution in [0.4, 0.5) is 0 Å². The molecule has 0 N–H and O–H groups in total. The quantitative estimate of drug-likeness (QED) is 0.636. The van der Waals surface area contributed by atoms with Crippen molar-refractivity contribution < 1.29 is 13.2 Å². The zero-order valence-corrected chi connectivity index (χ0v) is 17.8. The number of nitrogens with zero attached hydrogens (tertiary/aromatic N) is 1. The van der Waals surface area contributed by atoms with Gasteiger partial charge in [0.15, 0.2) is 9.84 Å². The van der Waals surface area contributed by atoms with Crippen molar-refractivity contribution >= 4 is 50.7 Å². The lowest BCUT2D eigenvalue weighted by atomic mass is 10.1. The normalized spacial score (nSPS) is 18.4. The number of hydrogen-bond acceptors (Lipinski definition) is 4. The minimum Gasteiger partial charge on any atom is -0.338 e. The molecule has 8 heteroatoms. The van der Waals surface area contributed by atoms with E-state index in [1.54, 1.807) is 41.9 Å². The highest BCUT2D eigenvalue weighted by Gasteiger charge is 2.33. The van der Waals surface area contributed by atoms with Crippen LogP contribution >= 0.6 is 35.0 Å². The minimum absolute atomic E-state index is 0.0397. The monoisotopic (exact) mass is 443 g/mol. The number of carbonyl (C=O) groups excluding carboxylic acids is 1. The number of rotatable bonds is 5. The van der Waals surface area contributed by atoms with E-state index in [4.69, 9.17) is 23.2 Å². The summed E-state index contributed by atoms with van der Waals surface area (Å²) in [5.41, 5.74) is 1.53. The van der Waals surface area contributed by atoms with E-state index in [0.29, 0.717) is 27.8 Å². The number of benzene rings is 2. The maximum Gasteiger partial charge on any atom is 0.253 e. The lowest BCUT2D eigenvalue weighted by Gasteiger charge is -2.23. The van der Waals surface area contributed by atoms with E-state index in [0.717, 1.165) is 10.5 Å². The lowest BCUT2D eigenvalue weighted by molar-refractivity contribution is 0.0747. The highest BCUT2D eigenvalue weighted by molar-refractivity contribution is 7.98. The molecule has 0 aliphatic carbocycles. The van der Waals surface area contributed by atoms with Gasteiger partial charge in [-0.2, -0.15) is 0 Å². The average Bonchev–Trinajstić information content (AvgIpc) is 3.01. The summed E-state index contributed by atoms with van der Waals surface area (Å²) in [6.07, 6.45) is 0.493. The minimum atomic E-state index is -3.03. The van der Waals surface area contributed by atoms with Gasteiger partial charge < -0.3 is 4.90 Å². The van der Waals surface area contributed by atoms with E-state index >= 15 is 0 Å². The van der Waals surface area contributed by atoms with Crippen molar-refractivity contribution in [2.75, 3.05) is 18.6 Å². The third-order valence-electron chi connectivity index (χ3n) is 4.54. The standard InChI is InChI=1S/C19H19Cl2NO3S2/c1-22(16-7-8-27(24,25)12-16)19(23)14-4-2-3-13(9-14)11-26-18-10-15(20)5-6-17(18)21/h2-6,9-10,16H,7-8,11-12H2,1H3. The van der Waals surface area contributed by atoms with Crippen molar-refractivity contribution in [2.45, 2.75) is 23.1 Å². The fourth-order valence-electron chi connectivity index (χ4n) is 2.99. The lowest BCUT2D eigenvalue weighted by Crippen LogP contribution is -2.37. The molecule has 2 aromatic carbocycles. The predicted octanol–water partition coefficient (Wildman–Crippen LogP) is 4.54. The predicted molar refractivity (Wildman–Crippen MR) is 112 cm³/mol. The number of thioether (sulfide) groups is 1. The van der Waals surface area contributed by atoms with Gasteiger partial charge in [-0.25, -0.2) is 8.42 Å². The number of sulfone groups is 1. The molecule has 0 spiro atoms. The molecule has 1 saturated heterocycles. The molecule has 4 nitrogen and oxygen atoms in total. The Morgan fingerprint density at radius 3 is 2.70 bits per heavy atom. The average molecular weight is 444 g/mol. The molecule has 1 fully saturated rings. The smallest absolute Gasteiger partial charge is 0.253 e. The van der Waals surface area contributed by atoms with Gasteiger partial charge in [-0.1, -0.05) is 35.3 Å². The number of hydrogen-bond donors (Lipinski definition) is 0. The van der Waals surface area contributed by atoms with E-state index in [2.05, 4.69) is 0 Å². The summed E-state index contributed by atoms with van der Waals surface area (Å²) in [4.78, 5) is 15.2. The second-order valence-corrected chi connectivity index (χ2v) is 10.6. The number of carbonyl (C=O) groups is 1. The summed E-state index contributed by atoms with van der Waals surface area (Å²) in [7, 11) is -1.36. The molecule has 1 aliphatic heterocycles. The van der Waals surface area contributed by atoms with Crippen LogP contribution in [0.5, 0.6) is 0 Å². The van der Waals surface area contributed by atoms with Crippen LogP contribution < -0.4 is 0 Å². The van der Waals surface area contributed by atoms with Crippen LogP contribution in [-0.2, 0) is 15.6 Å². The van der Waals surface area contributed by atoms with Crippen molar-refractivity contribution in [3.05, 3.63) is 63.6 Å². The molecule has 1 atom stereocenters. The van der Waals surface area contributed by atoms with Crippen LogP contribution in [0.1, 0.15) is 22.3 Å². The Balaban J connectivity index is 1.69. The fraction of sp³-hybridized carbons (Fsp3) is 0.316. The van der Waals surface area contributed by atoms with Gasteiger partial charge in [0.1, 0.15) is 0 Å². The third-order valence-corrected chi connectivity index (χ3v) is 8.09. The summed E-state index contributed by atoms with van der Waals surface area (Å²) >= 11 is 13.8. The van der Waals surface area contributed by atoms with Crippen LogP contribution in [-0.4, -0.2) is 43.8 Å². The van der Waals surface area contributed by atoms with Crippen molar-refractivity contribution in [3.63, 3.8) is 0 Å². The molecular weight excluding hydrogens is 425 g/mol. The fourth-order valence-corrected chi connectivity index (χ4v) is 6.20. The van der Waals surface area contributed by atoms with Crippen molar-refractivity contribution in [1.82, 2.24) is 4.90 Å². The molecule has 2 aromatic rings. The van der Waals surface area contributed by atoms with Crippen molar-refractivity contribution in [1.29, 1.82) is 0 Å². The van der Waals surface area contributed by atoms with Crippen LogP contribution in [0.15, 0.2) is 47.4 Å². The van der Waals surface area contributed by atoms with Crippen LogP contribution in [0.2, 0.25) is 10.0 Å². The molecule has 0 saturated carbocycles. The maximum absolute atomic E-state index is 12.8. The summed E-state index contributed by atoms with van der Waals surface area (Å²) in [6.45, 7) is 0. The van der Waals surface area contributed by atoms with Crippen LogP contribution in [0.3, 0.4) is 0 Å². The zero-order valence-electron chi connectivity index (χ0n) is 14.7. The van der Waals surface area contributed by atoms with E-state index in [9.17, 15) is 13.2 Å². The molecule has 0 bridgehead atoms. The van der Waals surface area contributed by atoms with E-state index < -0.39 is 9.84 Å². The first kappa shape index (κ1) is 20.5.